The molecule has 27 heavy (non-hydrogen) atoms. The van der Waals surface area contributed by atoms with Gasteiger partial charge in [0.1, 0.15) is 11.4 Å². The highest BCUT2D eigenvalue weighted by molar-refractivity contribution is 6.31. The minimum Gasteiger partial charge on any atom is -0.508 e. The molecule has 0 fully saturated rings. The standard InChI is InChI=1S/C22H22ClNO3/c1-22(2,3)27-21(26)24-20(16-10-6-7-11-18(16)23)17-12-14-8-4-5-9-15(14)13-19(17)25/h4-13,20,25H,1-3H3,(H,24,26)/t20-/m0/s1. The summed E-state index contributed by atoms with van der Waals surface area (Å²) in [5.74, 6) is 0.0784. The van der Waals surface area contributed by atoms with Gasteiger partial charge in [-0.25, -0.2) is 4.79 Å². The van der Waals surface area contributed by atoms with Gasteiger partial charge in [-0.15, -0.1) is 0 Å². The number of benzene rings is 3. The number of hydrogen-bond acceptors (Lipinski definition) is 3. The van der Waals surface area contributed by atoms with Crippen LogP contribution in [0.1, 0.15) is 37.9 Å². The van der Waals surface area contributed by atoms with Gasteiger partial charge in [0, 0.05) is 10.6 Å². The fourth-order valence-corrected chi connectivity index (χ4v) is 3.18. The third kappa shape index (κ3) is 4.52. The second-order valence-corrected chi connectivity index (χ2v) is 7.77. The fourth-order valence-electron chi connectivity index (χ4n) is 2.93. The molecular weight excluding hydrogens is 362 g/mol. The van der Waals surface area contributed by atoms with Gasteiger partial charge in [0.05, 0.1) is 6.04 Å². The van der Waals surface area contributed by atoms with E-state index >= 15 is 0 Å². The molecule has 0 saturated heterocycles. The maximum absolute atomic E-state index is 12.4. The minimum absolute atomic E-state index is 0.0784. The summed E-state index contributed by atoms with van der Waals surface area (Å²) in [6.07, 6.45) is -0.583. The van der Waals surface area contributed by atoms with E-state index < -0.39 is 17.7 Å². The summed E-state index contributed by atoms with van der Waals surface area (Å²) in [6, 6.07) is 17.8. The van der Waals surface area contributed by atoms with Crippen molar-refractivity contribution < 1.29 is 14.6 Å². The van der Waals surface area contributed by atoms with E-state index in [0.29, 0.717) is 16.1 Å². The number of phenolic OH excluding ortho intramolecular Hbond substituents is 1. The molecule has 0 aliphatic heterocycles. The lowest BCUT2D eigenvalue weighted by molar-refractivity contribution is 0.0512. The third-order valence-corrected chi connectivity index (χ3v) is 4.43. The van der Waals surface area contributed by atoms with E-state index in [1.54, 1.807) is 32.9 Å². The highest BCUT2D eigenvalue weighted by Crippen LogP contribution is 2.36. The van der Waals surface area contributed by atoms with Crippen molar-refractivity contribution in [1.29, 1.82) is 0 Å². The number of aromatic hydroxyl groups is 1. The Labute approximate surface area is 163 Å². The Hall–Kier alpha value is -2.72. The van der Waals surface area contributed by atoms with Crippen LogP contribution in [0.5, 0.6) is 5.75 Å². The molecule has 3 aromatic carbocycles. The number of hydrogen-bond donors (Lipinski definition) is 2. The average molecular weight is 384 g/mol. The molecule has 0 bridgehead atoms. The summed E-state index contributed by atoms with van der Waals surface area (Å²) >= 11 is 6.38. The number of carbonyl (C=O) groups is 1. The monoisotopic (exact) mass is 383 g/mol. The van der Waals surface area contributed by atoms with Crippen molar-refractivity contribution in [2.45, 2.75) is 32.4 Å². The largest absolute Gasteiger partial charge is 0.508 e. The lowest BCUT2D eigenvalue weighted by Crippen LogP contribution is -2.35. The smallest absolute Gasteiger partial charge is 0.408 e. The van der Waals surface area contributed by atoms with Crippen LogP contribution in [0.15, 0.2) is 60.7 Å². The van der Waals surface area contributed by atoms with Crippen molar-refractivity contribution in [1.82, 2.24) is 5.32 Å². The van der Waals surface area contributed by atoms with Crippen molar-refractivity contribution in [3.05, 3.63) is 76.8 Å². The molecule has 2 N–H and O–H groups in total. The van der Waals surface area contributed by atoms with Gasteiger partial charge in [0.15, 0.2) is 0 Å². The summed E-state index contributed by atoms with van der Waals surface area (Å²) in [6.45, 7) is 5.39. The SMILES string of the molecule is CC(C)(C)OC(=O)N[C@H](c1cc2ccccc2cc1O)c1ccccc1Cl. The van der Waals surface area contributed by atoms with Crippen LogP contribution in [0.3, 0.4) is 0 Å². The van der Waals surface area contributed by atoms with Crippen LogP contribution in [-0.2, 0) is 4.74 Å². The second kappa shape index (κ2) is 7.49. The zero-order chi connectivity index (χ0) is 19.6. The molecule has 4 nitrogen and oxygen atoms in total. The van der Waals surface area contributed by atoms with Crippen LogP contribution in [0.25, 0.3) is 10.8 Å². The fraction of sp³-hybridized carbons (Fsp3) is 0.227. The first-order valence-corrected chi connectivity index (χ1v) is 9.08. The Morgan fingerprint density at radius 1 is 1.00 bits per heavy atom. The first-order valence-electron chi connectivity index (χ1n) is 8.70. The maximum Gasteiger partial charge on any atom is 0.408 e. The molecule has 0 heterocycles. The molecule has 0 aromatic heterocycles. The first-order chi connectivity index (χ1) is 12.7. The highest BCUT2D eigenvalue weighted by atomic mass is 35.5. The number of rotatable bonds is 3. The van der Waals surface area contributed by atoms with Crippen LogP contribution in [0.4, 0.5) is 4.79 Å². The summed E-state index contributed by atoms with van der Waals surface area (Å²) in [7, 11) is 0. The Morgan fingerprint density at radius 2 is 1.59 bits per heavy atom. The molecule has 0 unspecified atom stereocenters. The van der Waals surface area contributed by atoms with Gasteiger partial charge < -0.3 is 15.2 Å². The van der Waals surface area contributed by atoms with E-state index in [2.05, 4.69) is 5.32 Å². The van der Waals surface area contributed by atoms with Crippen molar-refractivity contribution in [3.8, 4) is 5.75 Å². The summed E-state index contributed by atoms with van der Waals surface area (Å²) in [5, 5.41) is 15.8. The van der Waals surface area contributed by atoms with Crippen molar-refractivity contribution in [2.24, 2.45) is 0 Å². The summed E-state index contributed by atoms with van der Waals surface area (Å²) in [5.41, 5.74) is 0.587. The van der Waals surface area contributed by atoms with Crippen LogP contribution < -0.4 is 5.32 Å². The lowest BCUT2D eigenvalue weighted by Gasteiger charge is -2.25. The van der Waals surface area contributed by atoms with Crippen molar-refractivity contribution in [2.75, 3.05) is 0 Å². The molecule has 0 spiro atoms. The predicted molar refractivity (Wildman–Crippen MR) is 108 cm³/mol. The normalized spacial score (nSPS) is 12.6. The number of ether oxygens (including phenoxy) is 1. The zero-order valence-electron chi connectivity index (χ0n) is 15.5. The minimum atomic E-state index is -0.654. The third-order valence-electron chi connectivity index (χ3n) is 4.08. The molecule has 0 saturated carbocycles. The van der Waals surface area contributed by atoms with E-state index in [1.165, 1.54) is 0 Å². The topological polar surface area (TPSA) is 58.6 Å². The van der Waals surface area contributed by atoms with Gasteiger partial charge in [0.25, 0.3) is 0 Å². The lowest BCUT2D eigenvalue weighted by atomic mass is 9.95. The molecule has 0 aliphatic carbocycles. The predicted octanol–water partition coefficient (Wildman–Crippen LogP) is 5.81. The van der Waals surface area contributed by atoms with Crippen LogP contribution in [0.2, 0.25) is 5.02 Å². The number of alkyl carbamates (subject to hydrolysis) is 1. The molecule has 3 rings (SSSR count). The number of fused-ring (bicyclic) bond motifs is 1. The van der Waals surface area contributed by atoms with Gasteiger partial charge in [0.2, 0.25) is 0 Å². The molecule has 1 amide bonds. The van der Waals surface area contributed by atoms with Crippen molar-refractivity contribution in [3.63, 3.8) is 0 Å². The number of nitrogens with one attached hydrogen (secondary N) is 1. The second-order valence-electron chi connectivity index (χ2n) is 7.36. The number of amides is 1. The molecule has 5 heteroatoms. The molecular formula is C22H22ClNO3. The van der Waals surface area contributed by atoms with Gasteiger partial charge in [-0.05, 0) is 55.3 Å². The molecule has 3 aromatic rings. The van der Waals surface area contributed by atoms with Gasteiger partial charge in [-0.1, -0.05) is 54.1 Å². The van der Waals surface area contributed by atoms with E-state index in [4.69, 9.17) is 16.3 Å². The van der Waals surface area contributed by atoms with Crippen molar-refractivity contribution >= 4 is 28.5 Å². The molecule has 0 aliphatic rings. The van der Waals surface area contributed by atoms with Crippen LogP contribution >= 0.6 is 11.6 Å². The van der Waals surface area contributed by atoms with Crippen LogP contribution in [0, 0.1) is 0 Å². The van der Waals surface area contributed by atoms with Gasteiger partial charge in [-0.3, -0.25) is 0 Å². The van der Waals surface area contributed by atoms with E-state index in [1.807, 2.05) is 48.5 Å². The Kier molecular flexibility index (Phi) is 5.29. The van der Waals surface area contributed by atoms with Gasteiger partial charge in [-0.2, -0.15) is 0 Å². The van der Waals surface area contributed by atoms with Gasteiger partial charge >= 0.3 is 6.09 Å². The quantitative estimate of drug-likeness (QED) is 0.599. The number of phenols is 1. The number of carbonyl (C=O) groups excluding carboxylic acids is 1. The van der Waals surface area contributed by atoms with E-state index in [0.717, 1.165) is 10.8 Å². The Bertz CT molecular complexity index is 979. The summed E-state index contributed by atoms with van der Waals surface area (Å²) in [4.78, 5) is 12.4. The molecule has 140 valence electrons. The molecule has 0 radical (unpaired) electrons. The Balaban J connectivity index is 2.08. The molecule has 1 atom stereocenters. The number of halogens is 1. The maximum atomic E-state index is 12.4. The van der Waals surface area contributed by atoms with Crippen LogP contribution in [-0.4, -0.2) is 16.8 Å². The summed E-state index contributed by atoms with van der Waals surface area (Å²) < 4.78 is 5.40. The first kappa shape index (κ1) is 19.1. The Morgan fingerprint density at radius 3 is 2.22 bits per heavy atom. The average Bonchev–Trinajstić information content (AvgIpc) is 2.58. The zero-order valence-corrected chi connectivity index (χ0v) is 16.2. The van der Waals surface area contributed by atoms with E-state index in [-0.39, 0.29) is 5.75 Å². The highest BCUT2D eigenvalue weighted by Gasteiger charge is 2.25. The van der Waals surface area contributed by atoms with E-state index in [9.17, 15) is 9.90 Å².